The zero-order valence-electron chi connectivity index (χ0n) is 17.1. The van der Waals surface area contributed by atoms with Crippen molar-refractivity contribution in [1.29, 1.82) is 0 Å². The molecule has 0 aromatic heterocycles. The number of rotatable bonds is 6. The molecule has 3 aromatic rings. The quantitative estimate of drug-likeness (QED) is 0.333. The second kappa shape index (κ2) is 12.6. The van der Waals surface area contributed by atoms with Crippen molar-refractivity contribution in [1.82, 2.24) is 0 Å². The normalized spacial score (nSPS) is 11.5. The van der Waals surface area contributed by atoms with E-state index in [1.165, 1.54) is 0 Å². The molecule has 0 saturated heterocycles. The molecule has 0 spiro atoms. The van der Waals surface area contributed by atoms with Crippen LogP contribution in [0.2, 0.25) is 0 Å². The van der Waals surface area contributed by atoms with Crippen LogP contribution in [0.25, 0.3) is 0 Å². The Morgan fingerprint density at radius 1 is 0.774 bits per heavy atom. The molecule has 0 aliphatic heterocycles. The van der Waals surface area contributed by atoms with Gasteiger partial charge in [-0.15, -0.1) is 35.4 Å². The first-order chi connectivity index (χ1) is 14.7. The number of aliphatic hydroxyl groups is 1. The number of phenols is 2. The van der Waals surface area contributed by atoms with Gasteiger partial charge in [0.2, 0.25) is 0 Å². The molecule has 3 nitrogen and oxygen atoms in total. The SMILES string of the molecule is OCCCC(=C1C=CC=C1)[C-](c1ccc(O)cc1)c1ccc(O)cc1.[Fe+2].c1cc[cH-]c1. The summed E-state index contributed by atoms with van der Waals surface area (Å²) in [6.45, 7) is 0.128. The number of allylic oxidation sites excluding steroid dienone is 6. The zero-order chi connectivity index (χ0) is 21.2. The van der Waals surface area contributed by atoms with E-state index in [1.54, 1.807) is 24.3 Å². The molecule has 0 radical (unpaired) electrons. The topological polar surface area (TPSA) is 60.7 Å². The number of hydrogen-bond donors (Lipinski definition) is 3. The first-order valence-electron chi connectivity index (χ1n) is 10.0. The van der Waals surface area contributed by atoms with Crippen molar-refractivity contribution in [3.63, 3.8) is 0 Å². The molecule has 0 atom stereocenters. The molecule has 0 fully saturated rings. The van der Waals surface area contributed by atoms with Gasteiger partial charge in [-0.05, 0) is 37.1 Å². The molecule has 0 unspecified atom stereocenters. The Morgan fingerprint density at radius 3 is 1.65 bits per heavy atom. The van der Waals surface area contributed by atoms with Crippen LogP contribution in [0.15, 0.2) is 114 Å². The summed E-state index contributed by atoms with van der Waals surface area (Å²) >= 11 is 0. The summed E-state index contributed by atoms with van der Waals surface area (Å²) in [6, 6.07) is 24.2. The maximum absolute atomic E-state index is 9.63. The van der Waals surface area contributed by atoms with Crippen molar-refractivity contribution in [2.45, 2.75) is 12.8 Å². The number of hydrogen-bond acceptors (Lipinski definition) is 3. The molecule has 3 aromatic carbocycles. The third-order valence-electron chi connectivity index (χ3n) is 4.77. The van der Waals surface area contributed by atoms with Gasteiger partial charge in [-0.2, -0.15) is 18.2 Å². The molecule has 160 valence electrons. The van der Waals surface area contributed by atoms with Crippen LogP contribution in [0.5, 0.6) is 11.5 Å². The fourth-order valence-corrected chi connectivity index (χ4v) is 3.34. The number of benzene rings is 2. The Hall–Kier alpha value is -3.04. The summed E-state index contributed by atoms with van der Waals surface area (Å²) in [7, 11) is 0. The van der Waals surface area contributed by atoms with Crippen molar-refractivity contribution in [2.75, 3.05) is 6.61 Å². The Labute approximate surface area is 194 Å². The molecular formula is C27H26FeO3. The Balaban J connectivity index is 0.000000501. The first-order valence-corrected chi connectivity index (χ1v) is 10.0. The second-order valence-electron chi connectivity index (χ2n) is 6.91. The van der Waals surface area contributed by atoms with Gasteiger partial charge in [0, 0.05) is 6.61 Å². The van der Waals surface area contributed by atoms with E-state index in [2.05, 4.69) is 12.2 Å². The van der Waals surface area contributed by atoms with Crippen molar-refractivity contribution in [3.05, 3.63) is 131 Å². The molecule has 4 heteroatoms. The van der Waals surface area contributed by atoms with Gasteiger partial charge in [0.05, 0.1) is 0 Å². The van der Waals surface area contributed by atoms with Gasteiger partial charge in [0.25, 0.3) is 0 Å². The molecule has 1 aliphatic rings. The van der Waals surface area contributed by atoms with Gasteiger partial charge < -0.3 is 15.3 Å². The third kappa shape index (κ3) is 7.01. The number of phenolic OH excluding ortho intramolecular Hbond substituents is 2. The van der Waals surface area contributed by atoms with Crippen LogP contribution in [0.1, 0.15) is 24.0 Å². The summed E-state index contributed by atoms with van der Waals surface area (Å²) in [5.41, 5.74) is 4.22. The molecule has 1 aliphatic carbocycles. The zero-order valence-corrected chi connectivity index (χ0v) is 18.2. The van der Waals surface area contributed by atoms with Crippen LogP contribution in [-0.4, -0.2) is 21.9 Å². The van der Waals surface area contributed by atoms with E-state index in [0.717, 1.165) is 34.6 Å². The van der Waals surface area contributed by atoms with E-state index in [1.807, 2.05) is 66.7 Å². The van der Waals surface area contributed by atoms with Crippen LogP contribution >= 0.6 is 0 Å². The summed E-state index contributed by atoms with van der Waals surface area (Å²) in [4.78, 5) is 0. The fraction of sp³-hybridized carbons (Fsp3) is 0.111. The molecule has 0 heterocycles. The van der Waals surface area contributed by atoms with E-state index in [4.69, 9.17) is 0 Å². The van der Waals surface area contributed by atoms with Crippen LogP contribution < -0.4 is 0 Å². The maximum atomic E-state index is 9.63. The standard InChI is InChI=1S/C22H21O3.C5H5.Fe/c23-15-3-6-21(16-4-1-2-5-16)22(17-7-11-19(24)12-8-17)18-9-13-20(25)14-10-18;1-2-4-5-3-1;/h1-2,4-5,7-14,23-25H,3,6,15H2;1-5H;/q2*-1;+2. The average molecular weight is 454 g/mol. The Bertz CT molecular complexity index is 905. The van der Waals surface area contributed by atoms with Crippen LogP contribution in [0.4, 0.5) is 0 Å². The van der Waals surface area contributed by atoms with Gasteiger partial charge >= 0.3 is 17.1 Å². The molecule has 0 bridgehead atoms. The van der Waals surface area contributed by atoms with Crippen molar-refractivity contribution in [2.24, 2.45) is 0 Å². The predicted octanol–water partition coefficient (Wildman–Crippen LogP) is 5.67. The minimum atomic E-state index is 0. The van der Waals surface area contributed by atoms with Gasteiger partial charge in [-0.3, -0.25) is 0 Å². The second-order valence-corrected chi connectivity index (χ2v) is 6.91. The average Bonchev–Trinajstić information content (AvgIpc) is 3.50. The molecule has 0 amide bonds. The van der Waals surface area contributed by atoms with Gasteiger partial charge in [-0.1, -0.05) is 41.4 Å². The maximum Gasteiger partial charge on any atom is 2.00 e. The molecular weight excluding hydrogens is 428 g/mol. The molecule has 3 N–H and O–H groups in total. The summed E-state index contributed by atoms with van der Waals surface area (Å²) in [6.07, 6.45) is 9.53. The fourth-order valence-electron chi connectivity index (χ4n) is 3.34. The van der Waals surface area contributed by atoms with E-state index in [0.29, 0.717) is 6.42 Å². The predicted molar refractivity (Wildman–Crippen MR) is 121 cm³/mol. The Morgan fingerprint density at radius 2 is 1.26 bits per heavy atom. The third-order valence-corrected chi connectivity index (χ3v) is 4.77. The van der Waals surface area contributed by atoms with E-state index in [9.17, 15) is 15.3 Å². The molecule has 31 heavy (non-hydrogen) atoms. The summed E-state index contributed by atoms with van der Waals surface area (Å²) in [5.74, 6) is 1.48. The van der Waals surface area contributed by atoms with E-state index in [-0.39, 0.29) is 35.2 Å². The van der Waals surface area contributed by atoms with Crippen LogP contribution in [0.3, 0.4) is 0 Å². The molecule has 0 saturated carbocycles. The summed E-state index contributed by atoms with van der Waals surface area (Å²) in [5, 5.41) is 28.6. The minimum absolute atomic E-state index is 0. The van der Waals surface area contributed by atoms with Crippen molar-refractivity contribution >= 4 is 0 Å². The summed E-state index contributed by atoms with van der Waals surface area (Å²) < 4.78 is 0. The smallest absolute Gasteiger partial charge is 0.509 e. The first kappa shape index (κ1) is 24.2. The molecule has 4 rings (SSSR count). The van der Waals surface area contributed by atoms with E-state index < -0.39 is 0 Å². The minimum Gasteiger partial charge on any atom is -0.509 e. The number of aliphatic hydroxyl groups excluding tert-OH is 1. The van der Waals surface area contributed by atoms with Crippen LogP contribution in [-0.2, 0) is 17.1 Å². The van der Waals surface area contributed by atoms with Crippen LogP contribution in [0, 0.1) is 5.92 Å². The largest absolute Gasteiger partial charge is 2.00 e. The van der Waals surface area contributed by atoms with Gasteiger partial charge in [0.15, 0.2) is 0 Å². The monoisotopic (exact) mass is 454 g/mol. The van der Waals surface area contributed by atoms with Gasteiger partial charge in [-0.25, -0.2) is 12.1 Å². The van der Waals surface area contributed by atoms with Crippen molar-refractivity contribution in [3.8, 4) is 11.5 Å². The van der Waals surface area contributed by atoms with Gasteiger partial charge in [0.1, 0.15) is 11.5 Å². The number of aromatic hydroxyl groups is 2. The Kier molecular flexibility index (Phi) is 9.86. The van der Waals surface area contributed by atoms with Crippen molar-refractivity contribution < 1.29 is 32.4 Å². The van der Waals surface area contributed by atoms with E-state index >= 15 is 0 Å².